The molecule has 0 aliphatic carbocycles. The summed E-state index contributed by atoms with van der Waals surface area (Å²) in [7, 11) is 1.54. The quantitative estimate of drug-likeness (QED) is 0.868. The lowest BCUT2D eigenvalue weighted by molar-refractivity contribution is 0.409. The molecule has 19 heavy (non-hydrogen) atoms. The third-order valence-electron chi connectivity index (χ3n) is 3.02. The minimum Gasteiger partial charge on any atom is -0.497 e. The van der Waals surface area contributed by atoms with E-state index in [1.54, 1.807) is 30.6 Å². The monoisotopic (exact) mass is 279 g/mol. The number of hydrogen-bond acceptors (Lipinski definition) is 3. The van der Waals surface area contributed by atoms with Crippen LogP contribution in [-0.2, 0) is 6.42 Å². The summed E-state index contributed by atoms with van der Waals surface area (Å²) in [5, 5.41) is 5.39. The molecule has 0 fully saturated rings. The van der Waals surface area contributed by atoms with Crippen LogP contribution in [0.4, 0.5) is 4.39 Å². The number of rotatable bonds is 6. The van der Waals surface area contributed by atoms with Gasteiger partial charge in [-0.1, -0.05) is 19.1 Å². The highest BCUT2D eigenvalue weighted by atomic mass is 32.1. The standard InChI is InChI=1S/C15H18FNOS/c1-3-17-15(10-12-5-4-8-19-12)13-7-6-11(18-2)9-14(13)16/h4-9,15,17H,3,10H2,1-2H3. The van der Waals surface area contributed by atoms with Crippen molar-refractivity contribution in [1.29, 1.82) is 0 Å². The Morgan fingerprint density at radius 3 is 2.79 bits per heavy atom. The highest BCUT2D eigenvalue weighted by Gasteiger charge is 2.16. The maximum Gasteiger partial charge on any atom is 0.131 e. The average Bonchev–Trinajstić information content (AvgIpc) is 2.91. The summed E-state index contributed by atoms with van der Waals surface area (Å²) in [5.74, 6) is 0.328. The second-order valence-electron chi connectivity index (χ2n) is 4.28. The van der Waals surface area contributed by atoms with E-state index in [-0.39, 0.29) is 11.9 Å². The lowest BCUT2D eigenvalue weighted by Gasteiger charge is -2.18. The SMILES string of the molecule is CCNC(Cc1cccs1)c1ccc(OC)cc1F. The van der Waals surface area contributed by atoms with Crippen molar-refractivity contribution < 1.29 is 9.13 Å². The number of benzene rings is 1. The van der Waals surface area contributed by atoms with Crippen molar-refractivity contribution in [2.24, 2.45) is 0 Å². The summed E-state index contributed by atoms with van der Waals surface area (Å²) in [6.45, 7) is 2.84. The fraction of sp³-hybridized carbons (Fsp3) is 0.333. The molecule has 4 heteroatoms. The molecule has 102 valence electrons. The summed E-state index contributed by atoms with van der Waals surface area (Å²) < 4.78 is 19.2. The van der Waals surface area contributed by atoms with Gasteiger partial charge in [-0.25, -0.2) is 4.39 Å². The molecule has 2 rings (SSSR count). The zero-order valence-electron chi connectivity index (χ0n) is 11.2. The van der Waals surface area contributed by atoms with E-state index in [0.29, 0.717) is 11.3 Å². The first-order valence-electron chi connectivity index (χ1n) is 6.33. The van der Waals surface area contributed by atoms with Gasteiger partial charge in [0.2, 0.25) is 0 Å². The third kappa shape index (κ3) is 3.55. The van der Waals surface area contributed by atoms with Gasteiger partial charge in [-0.15, -0.1) is 11.3 Å². The molecule has 1 aromatic heterocycles. The first-order chi connectivity index (χ1) is 9.24. The van der Waals surface area contributed by atoms with Gasteiger partial charge in [0.05, 0.1) is 7.11 Å². The average molecular weight is 279 g/mol. The second kappa shape index (κ2) is 6.68. The molecule has 0 aliphatic heterocycles. The lowest BCUT2D eigenvalue weighted by Crippen LogP contribution is -2.23. The van der Waals surface area contributed by atoms with Crippen molar-refractivity contribution in [2.45, 2.75) is 19.4 Å². The van der Waals surface area contributed by atoms with Crippen LogP contribution < -0.4 is 10.1 Å². The molecule has 0 amide bonds. The highest BCUT2D eigenvalue weighted by molar-refractivity contribution is 7.09. The lowest BCUT2D eigenvalue weighted by atomic mass is 10.0. The summed E-state index contributed by atoms with van der Waals surface area (Å²) in [5.41, 5.74) is 0.691. The van der Waals surface area contributed by atoms with Crippen LogP contribution in [0.25, 0.3) is 0 Å². The molecule has 1 heterocycles. The first kappa shape index (κ1) is 14.0. The second-order valence-corrected chi connectivity index (χ2v) is 5.31. The van der Waals surface area contributed by atoms with Gasteiger partial charge in [-0.2, -0.15) is 0 Å². The molecule has 2 aromatic rings. The van der Waals surface area contributed by atoms with Crippen LogP contribution in [0.5, 0.6) is 5.75 Å². The predicted molar refractivity (Wildman–Crippen MR) is 77.4 cm³/mol. The molecule has 1 atom stereocenters. The van der Waals surface area contributed by atoms with Crippen molar-refractivity contribution in [3.8, 4) is 5.75 Å². The smallest absolute Gasteiger partial charge is 0.131 e. The van der Waals surface area contributed by atoms with Crippen molar-refractivity contribution in [2.75, 3.05) is 13.7 Å². The molecule has 0 spiro atoms. The maximum absolute atomic E-state index is 14.1. The predicted octanol–water partition coefficient (Wildman–Crippen LogP) is 3.79. The molecule has 0 saturated heterocycles. The molecule has 2 nitrogen and oxygen atoms in total. The van der Waals surface area contributed by atoms with E-state index in [0.717, 1.165) is 13.0 Å². The van der Waals surface area contributed by atoms with Gasteiger partial charge in [0.15, 0.2) is 0 Å². The minimum atomic E-state index is -0.221. The molecular formula is C15H18FNOS. The Morgan fingerprint density at radius 1 is 1.37 bits per heavy atom. The molecule has 0 aliphatic rings. The van der Waals surface area contributed by atoms with Crippen LogP contribution in [0, 0.1) is 5.82 Å². The Labute approximate surface area is 117 Å². The molecular weight excluding hydrogens is 261 g/mol. The number of nitrogens with one attached hydrogen (secondary N) is 1. The van der Waals surface area contributed by atoms with Gasteiger partial charge in [0.1, 0.15) is 11.6 Å². The van der Waals surface area contributed by atoms with Crippen LogP contribution in [0.2, 0.25) is 0 Å². The maximum atomic E-state index is 14.1. The summed E-state index contributed by atoms with van der Waals surface area (Å²) in [6.07, 6.45) is 0.800. The Bertz CT molecular complexity index is 513. The molecule has 0 radical (unpaired) electrons. The van der Waals surface area contributed by atoms with E-state index >= 15 is 0 Å². The van der Waals surface area contributed by atoms with E-state index in [1.807, 2.05) is 18.4 Å². The third-order valence-corrected chi connectivity index (χ3v) is 3.92. The molecule has 1 N–H and O–H groups in total. The number of hydrogen-bond donors (Lipinski definition) is 1. The molecule has 1 unspecified atom stereocenters. The number of likely N-dealkylation sites (N-methyl/N-ethyl adjacent to an activating group) is 1. The van der Waals surface area contributed by atoms with Gasteiger partial charge >= 0.3 is 0 Å². The van der Waals surface area contributed by atoms with Gasteiger partial charge < -0.3 is 10.1 Å². The topological polar surface area (TPSA) is 21.3 Å². The van der Waals surface area contributed by atoms with Gasteiger partial charge in [0, 0.05) is 29.0 Å². The van der Waals surface area contributed by atoms with E-state index in [4.69, 9.17) is 4.74 Å². The van der Waals surface area contributed by atoms with Gasteiger partial charge in [-0.3, -0.25) is 0 Å². The van der Waals surface area contributed by atoms with Crippen LogP contribution in [0.3, 0.4) is 0 Å². The molecule has 0 bridgehead atoms. The van der Waals surface area contributed by atoms with Crippen LogP contribution >= 0.6 is 11.3 Å². The Hall–Kier alpha value is -1.39. The molecule has 0 saturated carbocycles. The van der Waals surface area contributed by atoms with E-state index in [2.05, 4.69) is 11.4 Å². The summed E-state index contributed by atoms with van der Waals surface area (Å²) in [4.78, 5) is 1.25. The molecule has 1 aromatic carbocycles. The fourth-order valence-electron chi connectivity index (χ4n) is 2.09. The largest absolute Gasteiger partial charge is 0.497 e. The summed E-state index contributed by atoms with van der Waals surface area (Å²) in [6, 6.07) is 9.14. The van der Waals surface area contributed by atoms with Crippen molar-refractivity contribution >= 4 is 11.3 Å². The van der Waals surface area contributed by atoms with Gasteiger partial charge in [0.25, 0.3) is 0 Å². The summed E-state index contributed by atoms with van der Waals surface area (Å²) >= 11 is 1.70. The number of thiophene rings is 1. The zero-order valence-corrected chi connectivity index (χ0v) is 12.0. The number of halogens is 1. The van der Waals surface area contributed by atoms with E-state index < -0.39 is 0 Å². The fourth-order valence-corrected chi connectivity index (χ4v) is 2.84. The van der Waals surface area contributed by atoms with Crippen LogP contribution in [0.1, 0.15) is 23.4 Å². The van der Waals surface area contributed by atoms with Crippen molar-refractivity contribution in [3.05, 3.63) is 52.0 Å². The number of ether oxygens (including phenoxy) is 1. The first-order valence-corrected chi connectivity index (χ1v) is 7.21. The number of methoxy groups -OCH3 is 1. The minimum absolute atomic E-state index is 0.00504. The van der Waals surface area contributed by atoms with Crippen LogP contribution in [-0.4, -0.2) is 13.7 Å². The Balaban J connectivity index is 2.23. The highest BCUT2D eigenvalue weighted by Crippen LogP contribution is 2.26. The van der Waals surface area contributed by atoms with E-state index in [1.165, 1.54) is 10.9 Å². The Kier molecular flexibility index (Phi) is 4.93. The van der Waals surface area contributed by atoms with Crippen molar-refractivity contribution in [3.63, 3.8) is 0 Å². The van der Waals surface area contributed by atoms with Crippen molar-refractivity contribution in [1.82, 2.24) is 5.32 Å². The van der Waals surface area contributed by atoms with Crippen LogP contribution in [0.15, 0.2) is 35.7 Å². The Morgan fingerprint density at radius 2 is 2.21 bits per heavy atom. The normalized spacial score (nSPS) is 12.4. The van der Waals surface area contributed by atoms with E-state index in [9.17, 15) is 4.39 Å². The van der Waals surface area contributed by atoms with Gasteiger partial charge in [-0.05, 0) is 24.1 Å². The zero-order chi connectivity index (χ0) is 13.7.